The Kier molecular flexibility index (Phi) is 5.00. The topological polar surface area (TPSA) is 34.2 Å². The van der Waals surface area contributed by atoms with Gasteiger partial charge in [0.15, 0.2) is 0 Å². The predicted molar refractivity (Wildman–Crippen MR) is 73.8 cm³/mol. The van der Waals surface area contributed by atoms with Gasteiger partial charge in [0.2, 0.25) is 5.88 Å². The minimum Gasteiger partial charge on any atom is -0.478 e. The van der Waals surface area contributed by atoms with Crippen LogP contribution in [0.2, 0.25) is 0 Å². The van der Waals surface area contributed by atoms with E-state index in [-0.39, 0.29) is 0 Å². The molecular weight excluding hydrogens is 224 g/mol. The van der Waals surface area contributed by atoms with Crippen LogP contribution in [0.3, 0.4) is 0 Å². The standard InChI is InChI=1S/C15H24N2O/c1-3-7-16-11-14-9-12(2)17-15(10-14)18-8-6-13-4-5-13/h9-10,13,16H,3-8,11H2,1-2H3. The van der Waals surface area contributed by atoms with Crippen molar-refractivity contribution in [2.75, 3.05) is 13.2 Å². The first-order valence-corrected chi connectivity index (χ1v) is 7.09. The van der Waals surface area contributed by atoms with Crippen LogP contribution in [0.15, 0.2) is 12.1 Å². The van der Waals surface area contributed by atoms with Crippen LogP contribution in [0.1, 0.15) is 43.9 Å². The van der Waals surface area contributed by atoms with Crippen LogP contribution in [0.5, 0.6) is 5.88 Å². The average Bonchev–Trinajstić information content (AvgIpc) is 3.13. The second kappa shape index (κ2) is 6.74. The second-order valence-electron chi connectivity index (χ2n) is 5.21. The van der Waals surface area contributed by atoms with Crippen LogP contribution in [0.4, 0.5) is 0 Å². The first-order chi connectivity index (χ1) is 8.78. The van der Waals surface area contributed by atoms with E-state index >= 15 is 0 Å². The second-order valence-corrected chi connectivity index (χ2v) is 5.21. The van der Waals surface area contributed by atoms with E-state index in [9.17, 15) is 0 Å². The van der Waals surface area contributed by atoms with Gasteiger partial charge >= 0.3 is 0 Å². The van der Waals surface area contributed by atoms with Crippen LogP contribution in [-0.2, 0) is 6.54 Å². The van der Waals surface area contributed by atoms with E-state index in [1.807, 2.05) is 6.92 Å². The molecule has 18 heavy (non-hydrogen) atoms. The highest BCUT2D eigenvalue weighted by Gasteiger charge is 2.20. The van der Waals surface area contributed by atoms with Crippen molar-refractivity contribution >= 4 is 0 Å². The van der Waals surface area contributed by atoms with Crippen LogP contribution in [0, 0.1) is 12.8 Å². The molecule has 0 saturated heterocycles. The zero-order chi connectivity index (χ0) is 12.8. The largest absolute Gasteiger partial charge is 0.478 e. The van der Waals surface area contributed by atoms with Crippen molar-refractivity contribution in [1.82, 2.24) is 10.3 Å². The molecule has 0 bridgehead atoms. The van der Waals surface area contributed by atoms with E-state index in [2.05, 4.69) is 29.4 Å². The lowest BCUT2D eigenvalue weighted by Crippen LogP contribution is -2.14. The maximum absolute atomic E-state index is 5.75. The molecule has 3 nitrogen and oxygen atoms in total. The third-order valence-corrected chi connectivity index (χ3v) is 3.22. The van der Waals surface area contributed by atoms with Crippen molar-refractivity contribution in [2.24, 2.45) is 5.92 Å². The number of aromatic nitrogens is 1. The highest BCUT2D eigenvalue weighted by Crippen LogP contribution is 2.32. The normalized spacial score (nSPS) is 14.8. The van der Waals surface area contributed by atoms with Crippen molar-refractivity contribution in [3.05, 3.63) is 23.4 Å². The van der Waals surface area contributed by atoms with E-state index in [0.29, 0.717) is 0 Å². The van der Waals surface area contributed by atoms with Gasteiger partial charge in [0.05, 0.1) is 6.61 Å². The molecule has 1 saturated carbocycles. The molecule has 1 aromatic rings. The van der Waals surface area contributed by atoms with Gasteiger partial charge < -0.3 is 10.1 Å². The molecule has 1 aliphatic carbocycles. The average molecular weight is 248 g/mol. The van der Waals surface area contributed by atoms with Gasteiger partial charge in [-0.25, -0.2) is 4.98 Å². The summed E-state index contributed by atoms with van der Waals surface area (Å²) in [5.41, 5.74) is 2.30. The summed E-state index contributed by atoms with van der Waals surface area (Å²) in [6, 6.07) is 4.18. The molecule has 0 spiro atoms. The van der Waals surface area contributed by atoms with E-state index in [1.54, 1.807) is 0 Å². The van der Waals surface area contributed by atoms with E-state index in [1.165, 1.54) is 24.8 Å². The molecule has 100 valence electrons. The Morgan fingerprint density at radius 2 is 2.22 bits per heavy atom. The van der Waals surface area contributed by atoms with Gasteiger partial charge in [-0.1, -0.05) is 19.8 Å². The van der Waals surface area contributed by atoms with E-state index in [0.717, 1.165) is 43.6 Å². The highest BCUT2D eigenvalue weighted by molar-refractivity contribution is 5.24. The number of pyridine rings is 1. The molecule has 0 amide bonds. The van der Waals surface area contributed by atoms with Crippen LogP contribution in [0.25, 0.3) is 0 Å². The third-order valence-electron chi connectivity index (χ3n) is 3.22. The summed E-state index contributed by atoms with van der Waals surface area (Å²) in [5, 5.41) is 3.41. The highest BCUT2D eigenvalue weighted by atomic mass is 16.5. The number of ether oxygens (including phenoxy) is 1. The smallest absolute Gasteiger partial charge is 0.213 e. The van der Waals surface area contributed by atoms with Crippen molar-refractivity contribution < 1.29 is 4.74 Å². The Morgan fingerprint density at radius 1 is 1.39 bits per heavy atom. The Balaban J connectivity index is 1.83. The molecule has 2 rings (SSSR count). The van der Waals surface area contributed by atoms with Crippen LogP contribution >= 0.6 is 0 Å². The molecule has 0 aromatic carbocycles. The Labute approximate surface area is 110 Å². The molecule has 0 aliphatic heterocycles. The van der Waals surface area contributed by atoms with Crippen molar-refractivity contribution in [2.45, 2.75) is 46.1 Å². The number of nitrogens with one attached hydrogen (secondary N) is 1. The Bertz CT molecular complexity index is 375. The molecule has 1 aromatic heterocycles. The van der Waals surface area contributed by atoms with Gasteiger partial charge in [0.25, 0.3) is 0 Å². The third kappa shape index (κ3) is 4.65. The summed E-state index contributed by atoms with van der Waals surface area (Å²) in [4.78, 5) is 4.43. The molecule has 1 heterocycles. The summed E-state index contributed by atoms with van der Waals surface area (Å²) in [7, 11) is 0. The summed E-state index contributed by atoms with van der Waals surface area (Å²) >= 11 is 0. The lowest BCUT2D eigenvalue weighted by molar-refractivity contribution is 0.290. The fourth-order valence-electron chi connectivity index (χ4n) is 2.03. The quantitative estimate of drug-likeness (QED) is 0.718. The SMILES string of the molecule is CCCNCc1cc(C)nc(OCCC2CC2)c1. The van der Waals surface area contributed by atoms with E-state index < -0.39 is 0 Å². The fourth-order valence-corrected chi connectivity index (χ4v) is 2.03. The van der Waals surface area contributed by atoms with Gasteiger partial charge in [0.1, 0.15) is 0 Å². The van der Waals surface area contributed by atoms with Crippen molar-refractivity contribution in [1.29, 1.82) is 0 Å². The Morgan fingerprint density at radius 3 is 2.94 bits per heavy atom. The lowest BCUT2D eigenvalue weighted by atomic mass is 10.2. The molecule has 1 fully saturated rings. The number of aryl methyl sites for hydroxylation is 1. The lowest BCUT2D eigenvalue weighted by Gasteiger charge is -2.09. The first-order valence-electron chi connectivity index (χ1n) is 7.09. The predicted octanol–water partition coefficient (Wildman–Crippen LogP) is 3.07. The minimum atomic E-state index is 0.781. The van der Waals surface area contributed by atoms with Crippen molar-refractivity contribution in [3.63, 3.8) is 0 Å². The number of hydrogen-bond donors (Lipinski definition) is 1. The fraction of sp³-hybridized carbons (Fsp3) is 0.667. The number of rotatable bonds is 8. The van der Waals surface area contributed by atoms with Crippen LogP contribution < -0.4 is 10.1 Å². The first kappa shape index (κ1) is 13.3. The monoisotopic (exact) mass is 248 g/mol. The zero-order valence-electron chi connectivity index (χ0n) is 11.5. The van der Waals surface area contributed by atoms with Gasteiger partial charge in [0, 0.05) is 18.3 Å². The Hall–Kier alpha value is -1.09. The maximum atomic E-state index is 5.75. The molecule has 1 N–H and O–H groups in total. The number of nitrogens with zero attached hydrogens (tertiary/aromatic N) is 1. The maximum Gasteiger partial charge on any atom is 0.213 e. The zero-order valence-corrected chi connectivity index (χ0v) is 11.5. The summed E-state index contributed by atoms with van der Waals surface area (Å²) in [6.45, 7) is 6.96. The molecular formula is C15H24N2O. The molecule has 0 atom stereocenters. The molecule has 3 heteroatoms. The molecule has 0 unspecified atom stereocenters. The number of hydrogen-bond acceptors (Lipinski definition) is 3. The van der Waals surface area contributed by atoms with Gasteiger partial charge in [-0.3, -0.25) is 0 Å². The summed E-state index contributed by atoms with van der Waals surface area (Å²) < 4.78 is 5.75. The molecule has 0 radical (unpaired) electrons. The summed E-state index contributed by atoms with van der Waals surface area (Å²) in [6.07, 6.45) is 5.11. The minimum absolute atomic E-state index is 0.781. The summed E-state index contributed by atoms with van der Waals surface area (Å²) in [5.74, 6) is 1.70. The van der Waals surface area contributed by atoms with E-state index in [4.69, 9.17) is 4.74 Å². The van der Waals surface area contributed by atoms with Gasteiger partial charge in [-0.15, -0.1) is 0 Å². The van der Waals surface area contributed by atoms with Gasteiger partial charge in [-0.05, 0) is 43.9 Å². The molecule has 1 aliphatic rings. The van der Waals surface area contributed by atoms with Crippen LogP contribution in [-0.4, -0.2) is 18.1 Å². The van der Waals surface area contributed by atoms with Gasteiger partial charge in [-0.2, -0.15) is 0 Å². The van der Waals surface area contributed by atoms with Crippen molar-refractivity contribution in [3.8, 4) is 5.88 Å².